The molecular formula is C19H23NO6. The lowest BCUT2D eigenvalue weighted by Gasteiger charge is -2.12. The van der Waals surface area contributed by atoms with Crippen LogP contribution in [0.25, 0.3) is 0 Å². The van der Waals surface area contributed by atoms with Crippen LogP contribution in [0, 0.1) is 0 Å². The van der Waals surface area contributed by atoms with Gasteiger partial charge in [0.1, 0.15) is 0 Å². The monoisotopic (exact) mass is 361 g/mol. The van der Waals surface area contributed by atoms with E-state index in [0.29, 0.717) is 36.8 Å². The fourth-order valence-electron chi connectivity index (χ4n) is 2.32. The molecule has 140 valence electrons. The van der Waals surface area contributed by atoms with E-state index >= 15 is 0 Å². The summed E-state index contributed by atoms with van der Waals surface area (Å²) in [6.07, 6.45) is 1.27. The molecule has 1 aliphatic rings. The molecule has 1 aromatic rings. The maximum atomic E-state index is 12.3. The van der Waals surface area contributed by atoms with Crippen LogP contribution >= 0.6 is 0 Å². The molecule has 0 spiro atoms. The van der Waals surface area contributed by atoms with Gasteiger partial charge in [0.2, 0.25) is 0 Å². The SMILES string of the molecule is C=CCNC(=O)[C@@H](C)OC(=O)CCC(=O)c1ccc2c(c1)OCCCO2. The summed E-state index contributed by atoms with van der Waals surface area (Å²) in [5.41, 5.74) is 0.443. The number of fused-ring (bicyclic) bond motifs is 1. The van der Waals surface area contributed by atoms with Crippen molar-refractivity contribution in [3.8, 4) is 11.5 Å². The zero-order chi connectivity index (χ0) is 18.9. The molecule has 0 fully saturated rings. The molecule has 0 aromatic heterocycles. The van der Waals surface area contributed by atoms with E-state index in [4.69, 9.17) is 14.2 Å². The first-order chi connectivity index (χ1) is 12.5. The maximum absolute atomic E-state index is 12.3. The summed E-state index contributed by atoms with van der Waals surface area (Å²) in [4.78, 5) is 35.7. The van der Waals surface area contributed by atoms with Crippen molar-refractivity contribution in [3.63, 3.8) is 0 Å². The molecule has 7 nitrogen and oxygen atoms in total. The van der Waals surface area contributed by atoms with Gasteiger partial charge < -0.3 is 19.5 Å². The third kappa shape index (κ3) is 5.61. The number of carbonyl (C=O) groups is 3. The Morgan fingerprint density at radius 2 is 1.96 bits per heavy atom. The van der Waals surface area contributed by atoms with Crippen LogP contribution in [0.2, 0.25) is 0 Å². The number of esters is 1. The van der Waals surface area contributed by atoms with E-state index in [1.54, 1.807) is 18.2 Å². The lowest BCUT2D eigenvalue weighted by atomic mass is 10.1. The average Bonchev–Trinajstić information content (AvgIpc) is 2.88. The predicted molar refractivity (Wildman–Crippen MR) is 94.4 cm³/mol. The molecule has 1 aromatic carbocycles. The van der Waals surface area contributed by atoms with Gasteiger partial charge in [-0.25, -0.2) is 0 Å². The van der Waals surface area contributed by atoms with Crippen molar-refractivity contribution >= 4 is 17.7 Å². The molecule has 2 rings (SSSR count). The topological polar surface area (TPSA) is 90.9 Å². The molecule has 0 saturated carbocycles. The zero-order valence-corrected chi connectivity index (χ0v) is 14.8. The Kier molecular flexibility index (Phi) is 7.20. The highest BCUT2D eigenvalue weighted by Gasteiger charge is 2.19. The van der Waals surface area contributed by atoms with Crippen LogP contribution < -0.4 is 14.8 Å². The van der Waals surface area contributed by atoms with Crippen molar-refractivity contribution in [2.45, 2.75) is 32.3 Å². The number of nitrogens with one attached hydrogen (secondary N) is 1. The number of ether oxygens (including phenoxy) is 3. The predicted octanol–water partition coefficient (Wildman–Crippen LogP) is 2.04. The number of Topliss-reactive ketones (excluding diaryl/α,β-unsaturated/α-hetero) is 1. The second kappa shape index (κ2) is 9.60. The van der Waals surface area contributed by atoms with E-state index in [-0.39, 0.29) is 18.6 Å². The summed E-state index contributed by atoms with van der Waals surface area (Å²) in [5.74, 6) is -0.0796. The zero-order valence-electron chi connectivity index (χ0n) is 14.8. The Morgan fingerprint density at radius 3 is 2.69 bits per heavy atom. The molecule has 0 aliphatic carbocycles. The molecule has 1 amide bonds. The second-order valence-electron chi connectivity index (χ2n) is 5.80. The minimum Gasteiger partial charge on any atom is -0.490 e. The highest BCUT2D eigenvalue weighted by atomic mass is 16.5. The fraction of sp³-hybridized carbons (Fsp3) is 0.421. The van der Waals surface area contributed by atoms with Crippen molar-refractivity contribution in [1.82, 2.24) is 5.32 Å². The average molecular weight is 361 g/mol. The van der Waals surface area contributed by atoms with Crippen LogP contribution in [0.4, 0.5) is 0 Å². The Balaban J connectivity index is 1.84. The summed E-state index contributed by atoms with van der Waals surface area (Å²) in [6, 6.07) is 4.96. The third-order valence-corrected chi connectivity index (χ3v) is 3.72. The van der Waals surface area contributed by atoms with Crippen LogP contribution in [0.3, 0.4) is 0 Å². The number of ketones is 1. The smallest absolute Gasteiger partial charge is 0.307 e. The number of rotatable bonds is 8. The standard InChI is InChI=1S/C19H23NO6/c1-3-9-20-19(23)13(2)26-18(22)8-6-15(21)14-5-7-16-17(12-14)25-11-4-10-24-16/h3,5,7,12-13H,1,4,6,8-11H2,2H3,(H,20,23)/t13-/m1/s1. The van der Waals surface area contributed by atoms with Gasteiger partial charge in [0.25, 0.3) is 5.91 Å². The molecule has 1 aliphatic heterocycles. The Morgan fingerprint density at radius 1 is 1.23 bits per heavy atom. The minimum atomic E-state index is -0.921. The van der Waals surface area contributed by atoms with Crippen LogP contribution in [0.5, 0.6) is 11.5 Å². The van der Waals surface area contributed by atoms with E-state index in [2.05, 4.69) is 11.9 Å². The van der Waals surface area contributed by atoms with E-state index in [9.17, 15) is 14.4 Å². The van der Waals surface area contributed by atoms with E-state index in [1.807, 2.05) is 0 Å². The van der Waals surface area contributed by atoms with Crippen molar-refractivity contribution in [3.05, 3.63) is 36.4 Å². The summed E-state index contributed by atoms with van der Waals surface area (Å²) in [6.45, 7) is 6.36. The largest absolute Gasteiger partial charge is 0.490 e. The van der Waals surface area contributed by atoms with Crippen molar-refractivity contribution in [2.24, 2.45) is 0 Å². The van der Waals surface area contributed by atoms with Gasteiger partial charge in [-0.3, -0.25) is 14.4 Å². The summed E-state index contributed by atoms with van der Waals surface area (Å²) >= 11 is 0. The molecule has 1 atom stereocenters. The Hall–Kier alpha value is -2.83. The first-order valence-electron chi connectivity index (χ1n) is 8.52. The summed E-state index contributed by atoms with van der Waals surface area (Å²) in [5, 5.41) is 2.54. The normalized spacial score (nSPS) is 13.9. The molecule has 0 bridgehead atoms. The lowest BCUT2D eigenvalue weighted by molar-refractivity contribution is -0.154. The highest BCUT2D eigenvalue weighted by Crippen LogP contribution is 2.30. The molecule has 0 radical (unpaired) electrons. The van der Waals surface area contributed by atoms with Crippen molar-refractivity contribution < 1.29 is 28.6 Å². The number of amides is 1. The summed E-state index contributed by atoms with van der Waals surface area (Å²) < 4.78 is 16.1. The molecule has 7 heteroatoms. The van der Waals surface area contributed by atoms with Crippen molar-refractivity contribution in [2.75, 3.05) is 19.8 Å². The molecule has 0 unspecified atom stereocenters. The number of carbonyl (C=O) groups excluding carboxylic acids is 3. The third-order valence-electron chi connectivity index (χ3n) is 3.72. The Labute approximate surface area is 152 Å². The minimum absolute atomic E-state index is 0.0144. The van der Waals surface area contributed by atoms with Crippen LogP contribution in [0.15, 0.2) is 30.9 Å². The van der Waals surface area contributed by atoms with Gasteiger partial charge in [-0.05, 0) is 25.1 Å². The van der Waals surface area contributed by atoms with E-state index in [0.717, 1.165) is 6.42 Å². The van der Waals surface area contributed by atoms with Gasteiger partial charge in [0.15, 0.2) is 23.4 Å². The molecule has 1 N–H and O–H groups in total. The van der Waals surface area contributed by atoms with Gasteiger partial charge in [-0.1, -0.05) is 6.08 Å². The van der Waals surface area contributed by atoms with Gasteiger partial charge in [-0.2, -0.15) is 0 Å². The van der Waals surface area contributed by atoms with Gasteiger partial charge in [0, 0.05) is 24.9 Å². The van der Waals surface area contributed by atoms with E-state index in [1.165, 1.54) is 13.0 Å². The molecule has 26 heavy (non-hydrogen) atoms. The first-order valence-corrected chi connectivity index (χ1v) is 8.52. The van der Waals surface area contributed by atoms with Gasteiger partial charge in [0.05, 0.1) is 19.6 Å². The Bertz CT molecular complexity index is 685. The van der Waals surface area contributed by atoms with Crippen LogP contribution in [-0.4, -0.2) is 43.5 Å². The maximum Gasteiger partial charge on any atom is 0.307 e. The first kappa shape index (κ1) is 19.5. The number of benzene rings is 1. The fourth-order valence-corrected chi connectivity index (χ4v) is 2.32. The highest BCUT2D eigenvalue weighted by molar-refractivity contribution is 5.98. The van der Waals surface area contributed by atoms with Gasteiger partial charge >= 0.3 is 5.97 Å². The van der Waals surface area contributed by atoms with Crippen LogP contribution in [-0.2, 0) is 14.3 Å². The quantitative estimate of drug-likeness (QED) is 0.433. The summed E-state index contributed by atoms with van der Waals surface area (Å²) in [7, 11) is 0. The molecule has 1 heterocycles. The number of hydrogen-bond acceptors (Lipinski definition) is 6. The van der Waals surface area contributed by atoms with Crippen LogP contribution in [0.1, 0.15) is 36.5 Å². The number of hydrogen-bond donors (Lipinski definition) is 1. The van der Waals surface area contributed by atoms with Gasteiger partial charge in [-0.15, -0.1) is 6.58 Å². The van der Waals surface area contributed by atoms with E-state index < -0.39 is 18.0 Å². The molecular weight excluding hydrogens is 338 g/mol. The van der Waals surface area contributed by atoms with Crippen molar-refractivity contribution in [1.29, 1.82) is 0 Å². The second-order valence-corrected chi connectivity index (χ2v) is 5.80. The molecule has 0 saturated heterocycles. The lowest BCUT2D eigenvalue weighted by Crippen LogP contribution is -2.35.